The lowest BCUT2D eigenvalue weighted by atomic mass is 10.1. The van der Waals surface area contributed by atoms with Gasteiger partial charge in [0.05, 0.1) is 12.0 Å². The van der Waals surface area contributed by atoms with Gasteiger partial charge in [-0.25, -0.2) is 24.2 Å². The third kappa shape index (κ3) is 3.92. The molecule has 4 atom stereocenters. The van der Waals surface area contributed by atoms with Crippen molar-refractivity contribution in [1.82, 2.24) is 19.7 Å². The maximum Gasteiger partial charge on any atom is 0.333 e. The Morgan fingerprint density at radius 1 is 1.43 bits per heavy atom. The topological polar surface area (TPSA) is 168 Å². The van der Waals surface area contributed by atoms with Crippen LogP contribution < -0.4 is 10.9 Å². The van der Waals surface area contributed by atoms with Gasteiger partial charge in [0.25, 0.3) is 0 Å². The normalized spacial score (nSPS) is 28.2. The van der Waals surface area contributed by atoms with Crippen molar-refractivity contribution in [2.24, 2.45) is 11.1 Å². The number of aromatic nitrogens is 4. The highest BCUT2D eigenvalue weighted by molar-refractivity contribution is 7.99. The number of ether oxygens (including phenoxy) is 1. The zero-order valence-corrected chi connectivity index (χ0v) is 16.1. The molecule has 14 heteroatoms. The van der Waals surface area contributed by atoms with Crippen molar-refractivity contribution in [1.29, 1.82) is 0 Å². The monoisotopic (exact) mass is 434 g/mol. The summed E-state index contributed by atoms with van der Waals surface area (Å²) in [5, 5.41) is 20.3. The molecule has 4 rings (SSSR count). The molecule has 1 aliphatic carbocycles. The molecule has 11 nitrogen and oxygen atoms in total. The van der Waals surface area contributed by atoms with Crippen molar-refractivity contribution in [3.8, 4) is 0 Å². The largest absolute Gasteiger partial charge is 0.387 e. The van der Waals surface area contributed by atoms with Gasteiger partial charge in [0, 0.05) is 5.75 Å². The van der Waals surface area contributed by atoms with E-state index < -0.39 is 41.5 Å². The second kappa shape index (κ2) is 7.35. The number of rotatable bonds is 7. The Kier molecular flexibility index (Phi) is 5.18. The van der Waals surface area contributed by atoms with Crippen molar-refractivity contribution in [2.75, 3.05) is 18.1 Å². The lowest BCUT2D eigenvalue weighted by molar-refractivity contribution is -0.0456. The van der Waals surface area contributed by atoms with Gasteiger partial charge in [-0.2, -0.15) is 13.5 Å². The van der Waals surface area contributed by atoms with Crippen LogP contribution in [0.15, 0.2) is 11.4 Å². The third-order valence-corrected chi connectivity index (χ3v) is 6.23. The molecule has 0 amide bonds. The standard InChI is InChI=1S/C14H19FN6O5S2/c15-9-10(22)7(3-25-28(17,23)24)26-14(9)21-12-8(11(16)18-5-19-12)13(20-21)27-4-6-1-2-6/h5-7,9-10,14,22H,1-4H2,(H2,16,18,19)(H2,17,23,24)/t7-,9+,10-,14-/m1/s1. The van der Waals surface area contributed by atoms with Crippen LogP contribution in [0.5, 0.6) is 0 Å². The molecule has 1 aliphatic heterocycles. The van der Waals surface area contributed by atoms with E-state index in [1.165, 1.54) is 22.8 Å². The summed E-state index contributed by atoms with van der Waals surface area (Å²) < 4.78 is 47.8. The minimum Gasteiger partial charge on any atom is -0.387 e. The van der Waals surface area contributed by atoms with Gasteiger partial charge in [-0.1, -0.05) is 0 Å². The summed E-state index contributed by atoms with van der Waals surface area (Å²) in [6.45, 7) is -0.628. The summed E-state index contributed by atoms with van der Waals surface area (Å²) in [6, 6.07) is 0. The van der Waals surface area contributed by atoms with Gasteiger partial charge in [0.15, 0.2) is 18.0 Å². The first kappa shape index (κ1) is 19.7. The molecule has 1 saturated heterocycles. The molecule has 154 valence electrons. The highest BCUT2D eigenvalue weighted by Gasteiger charge is 2.47. The fraction of sp³-hybridized carbons (Fsp3) is 0.643. The van der Waals surface area contributed by atoms with Gasteiger partial charge in [-0.3, -0.25) is 4.18 Å². The molecule has 28 heavy (non-hydrogen) atoms. The summed E-state index contributed by atoms with van der Waals surface area (Å²) >= 11 is 1.48. The van der Waals surface area contributed by atoms with Crippen LogP contribution in [0, 0.1) is 5.92 Å². The van der Waals surface area contributed by atoms with E-state index in [1.807, 2.05) is 0 Å². The number of alkyl halides is 1. The molecular weight excluding hydrogens is 415 g/mol. The van der Waals surface area contributed by atoms with Gasteiger partial charge in [0.1, 0.15) is 29.4 Å². The number of halogens is 1. The number of nitrogen functional groups attached to an aromatic ring is 1. The molecule has 2 aromatic rings. The predicted molar refractivity (Wildman–Crippen MR) is 97.1 cm³/mol. The van der Waals surface area contributed by atoms with Crippen LogP contribution in [-0.2, 0) is 19.2 Å². The van der Waals surface area contributed by atoms with Gasteiger partial charge in [0.2, 0.25) is 0 Å². The van der Waals surface area contributed by atoms with E-state index in [4.69, 9.17) is 15.6 Å². The zero-order chi connectivity index (χ0) is 20.1. The maximum absolute atomic E-state index is 14.7. The van der Waals surface area contributed by atoms with Gasteiger partial charge in [-0.15, -0.1) is 11.8 Å². The Balaban J connectivity index is 1.63. The van der Waals surface area contributed by atoms with Crippen LogP contribution in [0.4, 0.5) is 10.2 Å². The van der Waals surface area contributed by atoms with Gasteiger partial charge >= 0.3 is 10.3 Å². The third-order valence-electron chi connectivity index (χ3n) is 4.57. The predicted octanol–water partition coefficient (Wildman–Crippen LogP) is -0.273. The van der Waals surface area contributed by atoms with Crippen LogP contribution in [0.25, 0.3) is 11.0 Å². The first-order valence-corrected chi connectivity index (χ1v) is 11.0. The van der Waals surface area contributed by atoms with E-state index in [-0.39, 0.29) is 11.5 Å². The van der Waals surface area contributed by atoms with Crippen LogP contribution in [-0.4, -0.2) is 64.0 Å². The van der Waals surface area contributed by atoms with Crippen LogP contribution >= 0.6 is 11.8 Å². The molecule has 0 bridgehead atoms. The number of aliphatic hydroxyl groups excluding tert-OH is 1. The summed E-state index contributed by atoms with van der Waals surface area (Å²) in [5.41, 5.74) is 6.24. The molecule has 2 aromatic heterocycles. The number of nitrogens with two attached hydrogens (primary N) is 2. The van der Waals surface area contributed by atoms with E-state index in [0.29, 0.717) is 16.3 Å². The minimum absolute atomic E-state index is 0.206. The van der Waals surface area contributed by atoms with Crippen LogP contribution in [0.1, 0.15) is 19.1 Å². The van der Waals surface area contributed by atoms with Crippen molar-refractivity contribution < 1.29 is 26.8 Å². The number of aliphatic hydroxyl groups is 1. The van der Waals surface area contributed by atoms with Gasteiger partial charge < -0.3 is 15.6 Å². The van der Waals surface area contributed by atoms with Crippen molar-refractivity contribution in [3.63, 3.8) is 0 Å². The minimum atomic E-state index is -4.26. The second-order valence-electron chi connectivity index (χ2n) is 6.74. The summed E-state index contributed by atoms with van der Waals surface area (Å²) in [7, 11) is -4.26. The quantitative estimate of drug-likeness (QED) is 0.493. The van der Waals surface area contributed by atoms with Crippen molar-refractivity contribution in [2.45, 2.75) is 42.5 Å². The van der Waals surface area contributed by atoms with E-state index in [0.717, 1.165) is 18.6 Å². The Morgan fingerprint density at radius 2 is 2.18 bits per heavy atom. The van der Waals surface area contributed by atoms with E-state index in [9.17, 15) is 17.9 Å². The Bertz CT molecular complexity index is 984. The highest BCUT2D eigenvalue weighted by Crippen LogP contribution is 2.40. The number of anilines is 1. The van der Waals surface area contributed by atoms with E-state index in [1.54, 1.807) is 0 Å². The number of hydrogen-bond donors (Lipinski definition) is 3. The summed E-state index contributed by atoms with van der Waals surface area (Å²) in [5.74, 6) is 1.67. The van der Waals surface area contributed by atoms with Crippen molar-refractivity contribution in [3.05, 3.63) is 6.33 Å². The molecule has 0 unspecified atom stereocenters. The first-order valence-electron chi connectivity index (χ1n) is 8.51. The fourth-order valence-corrected chi connectivity index (χ4v) is 4.46. The molecule has 5 N–H and O–H groups in total. The SMILES string of the molecule is Nc1ncnc2c1c(SCC1CC1)nn2[C@@H]1O[C@H](COS(N)(=O)=O)[C@@H](O)[C@@H]1F. The molecule has 2 fully saturated rings. The second-order valence-corrected chi connectivity index (χ2v) is 8.97. The number of thioether (sulfide) groups is 1. The molecular formula is C14H19FN6O5S2. The summed E-state index contributed by atoms with van der Waals surface area (Å²) in [4.78, 5) is 8.11. The Hall–Kier alpha value is -1.58. The van der Waals surface area contributed by atoms with E-state index >= 15 is 0 Å². The number of hydrogen-bond acceptors (Lipinski definition) is 10. The average molecular weight is 434 g/mol. The summed E-state index contributed by atoms with van der Waals surface area (Å²) in [6.07, 6.45) is -2.56. The molecule has 1 saturated carbocycles. The zero-order valence-electron chi connectivity index (χ0n) is 14.5. The lowest BCUT2D eigenvalue weighted by Crippen LogP contribution is -2.33. The smallest absolute Gasteiger partial charge is 0.333 e. The Labute approximate surface area is 163 Å². The van der Waals surface area contributed by atoms with Crippen molar-refractivity contribution >= 4 is 38.9 Å². The number of nitrogens with zero attached hydrogens (tertiary/aromatic N) is 4. The lowest BCUT2D eigenvalue weighted by Gasteiger charge is -2.14. The molecule has 0 aromatic carbocycles. The maximum atomic E-state index is 14.7. The first-order chi connectivity index (χ1) is 13.2. The van der Waals surface area contributed by atoms with Gasteiger partial charge in [-0.05, 0) is 18.8 Å². The fourth-order valence-electron chi connectivity index (χ4n) is 2.92. The van der Waals surface area contributed by atoms with Crippen LogP contribution in [0.2, 0.25) is 0 Å². The molecule has 0 spiro atoms. The molecule has 0 radical (unpaired) electrons. The molecule has 2 aliphatic rings. The average Bonchev–Trinajstić information content (AvgIpc) is 3.32. The van der Waals surface area contributed by atoms with Crippen LogP contribution in [0.3, 0.4) is 0 Å². The highest BCUT2D eigenvalue weighted by atomic mass is 32.2. The Morgan fingerprint density at radius 3 is 2.86 bits per heavy atom. The molecule has 3 heterocycles. The number of fused-ring (bicyclic) bond motifs is 1. The van der Waals surface area contributed by atoms with E-state index in [2.05, 4.69) is 19.2 Å².